The molecule has 2 aromatic heterocycles. The van der Waals surface area contributed by atoms with Crippen LogP contribution in [0.15, 0.2) is 5.51 Å². The standard InChI is InChI=1S/C12H18N6S/c1-7-10(19-6-14-7)11-15-12(17-16-11)18-5-3-4-9(13)8(18)2/h6,8-9H,3-5,13H2,1-2H3,(H,15,16,17). The maximum Gasteiger partial charge on any atom is 0.245 e. The van der Waals surface area contributed by atoms with Gasteiger partial charge in [-0.05, 0) is 26.7 Å². The fourth-order valence-corrected chi connectivity index (χ4v) is 3.21. The molecule has 2 unspecified atom stereocenters. The molecule has 3 N–H and O–H groups in total. The van der Waals surface area contributed by atoms with Crippen molar-refractivity contribution in [3.05, 3.63) is 11.2 Å². The molecule has 3 heterocycles. The van der Waals surface area contributed by atoms with Crippen LogP contribution in [0.2, 0.25) is 0 Å². The quantitative estimate of drug-likeness (QED) is 0.871. The van der Waals surface area contributed by atoms with E-state index in [1.165, 1.54) is 0 Å². The number of rotatable bonds is 2. The second kappa shape index (κ2) is 4.90. The molecule has 0 radical (unpaired) electrons. The number of hydrogen-bond donors (Lipinski definition) is 2. The first-order valence-electron chi connectivity index (χ1n) is 6.52. The van der Waals surface area contributed by atoms with E-state index in [-0.39, 0.29) is 12.1 Å². The molecule has 6 nitrogen and oxygen atoms in total. The summed E-state index contributed by atoms with van der Waals surface area (Å²) in [5.41, 5.74) is 8.92. The number of aryl methyl sites for hydroxylation is 1. The molecule has 1 aliphatic heterocycles. The summed E-state index contributed by atoms with van der Waals surface area (Å²) in [6.07, 6.45) is 2.16. The van der Waals surface area contributed by atoms with Crippen LogP contribution in [0, 0.1) is 6.92 Å². The number of anilines is 1. The Balaban J connectivity index is 1.87. The largest absolute Gasteiger partial charge is 0.335 e. The number of hydrogen-bond acceptors (Lipinski definition) is 6. The van der Waals surface area contributed by atoms with Crippen molar-refractivity contribution in [3.63, 3.8) is 0 Å². The van der Waals surface area contributed by atoms with Crippen LogP contribution in [0.4, 0.5) is 5.95 Å². The summed E-state index contributed by atoms with van der Waals surface area (Å²) in [7, 11) is 0. The minimum Gasteiger partial charge on any atom is -0.335 e. The fourth-order valence-electron chi connectivity index (χ4n) is 2.47. The summed E-state index contributed by atoms with van der Waals surface area (Å²) < 4.78 is 0. The van der Waals surface area contributed by atoms with Gasteiger partial charge in [-0.2, -0.15) is 4.98 Å². The van der Waals surface area contributed by atoms with E-state index in [2.05, 4.69) is 32.0 Å². The van der Waals surface area contributed by atoms with E-state index in [4.69, 9.17) is 5.73 Å². The Kier molecular flexibility index (Phi) is 3.24. The predicted molar refractivity (Wildman–Crippen MR) is 76.2 cm³/mol. The number of nitrogens with two attached hydrogens (primary N) is 1. The van der Waals surface area contributed by atoms with Crippen molar-refractivity contribution >= 4 is 17.3 Å². The Morgan fingerprint density at radius 1 is 1.53 bits per heavy atom. The average Bonchev–Trinajstić information content (AvgIpc) is 3.01. The third-order valence-corrected chi connectivity index (χ3v) is 4.67. The van der Waals surface area contributed by atoms with Crippen LogP contribution in [-0.2, 0) is 0 Å². The van der Waals surface area contributed by atoms with Gasteiger partial charge in [-0.1, -0.05) is 0 Å². The lowest BCUT2D eigenvalue weighted by Gasteiger charge is -2.36. The molecule has 1 saturated heterocycles. The number of nitrogens with one attached hydrogen (secondary N) is 1. The summed E-state index contributed by atoms with van der Waals surface area (Å²) in [6.45, 7) is 5.08. The van der Waals surface area contributed by atoms with E-state index in [1.807, 2.05) is 12.4 Å². The fraction of sp³-hybridized carbons (Fsp3) is 0.583. The van der Waals surface area contributed by atoms with Gasteiger partial charge in [0.1, 0.15) is 0 Å². The molecular weight excluding hydrogens is 260 g/mol. The average molecular weight is 278 g/mol. The zero-order valence-corrected chi connectivity index (χ0v) is 11.9. The molecule has 0 spiro atoms. The van der Waals surface area contributed by atoms with Crippen molar-refractivity contribution < 1.29 is 0 Å². The minimum atomic E-state index is 0.195. The number of aromatic nitrogens is 4. The third kappa shape index (κ3) is 2.23. The Morgan fingerprint density at radius 2 is 2.37 bits per heavy atom. The van der Waals surface area contributed by atoms with Crippen molar-refractivity contribution in [2.45, 2.75) is 38.8 Å². The van der Waals surface area contributed by atoms with E-state index in [0.29, 0.717) is 0 Å². The minimum absolute atomic E-state index is 0.195. The van der Waals surface area contributed by atoms with Crippen LogP contribution in [0.5, 0.6) is 0 Å². The Bertz CT molecular complexity index is 562. The number of thiazole rings is 1. The molecular formula is C12H18N6S. The highest BCUT2D eigenvalue weighted by Crippen LogP contribution is 2.27. The lowest BCUT2D eigenvalue weighted by Crippen LogP contribution is -2.50. The normalized spacial score (nSPS) is 23.8. The van der Waals surface area contributed by atoms with Gasteiger partial charge in [0.15, 0.2) is 5.82 Å². The van der Waals surface area contributed by atoms with E-state index in [0.717, 1.165) is 41.7 Å². The molecule has 0 aliphatic carbocycles. The number of piperidine rings is 1. The number of nitrogens with zero attached hydrogens (tertiary/aromatic N) is 4. The van der Waals surface area contributed by atoms with Crippen LogP contribution < -0.4 is 10.6 Å². The van der Waals surface area contributed by atoms with Crippen molar-refractivity contribution in [3.8, 4) is 10.7 Å². The zero-order chi connectivity index (χ0) is 13.4. The Hall–Kier alpha value is -1.47. The summed E-state index contributed by atoms with van der Waals surface area (Å²) in [4.78, 5) is 12.1. The monoisotopic (exact) mass is 278 g/mol. The van der Waals surface area contributed by atoms with E-state index in [9.17, 15) is 0 Å². The second-order valence-electron chi connectivity index (χ2n) is 4.99. The molecule has 2 aromatic rings. The number of H-pyrrole nitrogens is 1. The molecule has 3 rings (SSSR count). The van der Waals surface area contributed by atoms with Crippen molar-refractivity contribution in [2.75, 3.05) is 11.4 Å². The highest BCUT2D eigenvalue weighted by Gasteiger charge is 2.28. The third-order valence-electron chi connectivity index (χ3n) is 3.74. The van der Waals surface area contributed by atoms with Crippen LogP contribution in [0.25, 0.3) is 10.7 Å². The van der Waals surface area contributed by atoms with Gasteiger partial charge in [-0.3, -0.25) is 5.10 Å². The number of aromatic amines is 1. The first kappa shape index (κ1) is 12.6. The van der Waals surface area contributed by atoms with Crippen LogP contribution in [-0.4, -0.2) is 38.8 Å². The van der Waals surface area contributed by atoms with Gasteiger partial charge < -0.3 is 10.6 Å². The molecule has 0 amide bonds. The first-order valence-corrected chi connectivity index (χ1v) is 7.40. The van der Waals surface area contributed by atoms with Gasteiger partial charge in [0, 0.05) is 18.6 Å². The summed E-state index contributed by atoms with van der Waals surface area (Å²) in [5.74, 6) is 1.53. The lowest BCUT2D eigenvalue weighted by atomic mass is 9.99. The van der Waals surface area contributed by atoms with Crippen LogP contribution in [0.1, 0.15) is 25.5 Å². The molecule has 2 atom stereocenters. The summed E-state index contributed by atoms with van der Waals surface area (Å²) in [6, 6.07) is 0.473. The van der Waals surface area contributed by atoms with Gasteiger partial charge in [-0.15, -0.1) is 16.4 Å². The summed E-state index contributed by atoms with van der Waals surface area (Å²) >= 11 is 1.58. The highest BCUT2D eigenvalue weighted by atomic mass is 32.1. The van der Waals surface area contributed by atoms with Gasteiger partial charge in [0.2, 0.25) is 5.95 Å². The maximum atomic E-state index is 6.12. The van der Waals surface area contributed by atoms with Crippen molar-refractivity contribution in [2.24, 2.45) is 5.73 Å². The van der Waals surface area contributed by atoms with Crippen molar-refractivity contribution in [1.29, 1.82) is 0 Å². The van der Waals surface area contributed by atoms with E-state index in [1.54, 1.807) is 11.3 Å². The first-order chi connectivity index (χ1) is 9.16. The Labute approximate surface area is 116 Å². The molecule has 19 heavy (non-hydrogen) atoms. The Morgan fingerprint density at radius 3 is 3.11 bits per heavy atom. The smallest absolute Gasteiger partial charge is 0.245 e. The van der Waals surface area contributed by atoms with Crippen molar-refractivity contribution in [1.82, 2.24) is 20.2 Å². The molecule has 1 aliphatic rings. The predicted octanol–water partition coefficient (Wildman–Crippen LogP) is 1.55. The second-order valence-corrected chi connectivity index (χ2v) is 5.85. The van der Waals surface area contributed by atoms with Crippen LogP contribution >= 0.6 is 11.3 Å². The van der Waals surface area contributed by atoms with Gasteiger partial charge >= 0.3 is 0 Å². The topological polar surface area (TPSA) is 83.7 Å². The maximum absolute atomic E-state index is 6.12. The molecule has 0 saturated carbocycles. The van der Waals surface area contributed by atoms with E-state index < -0.39 is 0 Å². The van der Waals surface area contributed by atoms with Gasteiger partial charge in [0.05, 0.1) is 16.1 Å². The van der Waals surface area contributed by atoms with Crippen LogP contribution in [0.3, 0.4) is 0 Å². The summed E-state index contributed by atoms with van der Waals surface area (Å²) in [5, 5.41) is 7.34. The lowest BCUT2D eigenvalue weighted by molar-refractivity contribution is 0.416. The van der Waals surface area contributed by atoms with E-state index >= 15 is 0 Å². The molecule has 1 fully saturated rings. The molecule has 102 valence electrons. The SMILES string of the molecule is Cc1ncsc1-c1nc(N2CCCC(N)C2C)n[nH]1. The highest BCUT2D eigenvalue weighted by molar-refractivity contribution is 7.13. The van der Waals surface area contributed by atoms with Gasteiger partial charge in [-0.25, -0.2) is 4.98 Å². The van der Waals surface area contributed by atoms with Gasteiger partial charge in [0.25, 0.3) is 0 Å². The zero-order valence-electron chi connectivity index (χ0n) is 11.1. The molecule has 7 heteroatoms. The molecule has 0 bridgehead atoms. The molecule has 0 aromatic carbocycles.